The molecule has 1 aromatic rings. The Hall–Kier alpha value is -0.490. The van der Waals surface area contributed by atoms with Crippen LogP contribution in [-0.2, 0) is 6.42 Å². The van der Waals surface area contributed by atoms with Crippen molar-refractivity contribution in [2.45, 2.75) is 38.2 Å². The Morgan fingerprint density at radius 1 is 1.56 bits per heavy atom. The summed E-state index contributed by atoms with van der Waals surface area (Å²) in [7, 11) is 0. The summed E-state index contributed by atoms with van der Waals surface area (Å²) in [5, 5.41) is 10.1. The van der Waals surface area contributed by atoms with E-state index >= 15 is 0 Å². The summed E-state index contributed by atoms with van der Waals surface area (Å²) in [5.74, 6) is 2.56. The third kappa shape index (κ3) is 2.27. The Balaban J connectivity index is 2.08. The highest BCUT2D eigenvalue weighted by atomic mass is 35.5. The summed E-state index contributed by atoms with van der Waals surface area (Å²) in [6, 6.07) is 3.97. The van der Waals surface area contributed by atoms with Crippen LogP contribution < -0.4 is 0 Å². The number of rotatable bonds is 4. The Labute approximate surface area is 105 Å². The monoisotopic (exact) mass is 254 g/mol. The van der Waals surface area contributed by atoms with Crippen molar-refractivity contribution in [3.8, 4) is 12.3 Å². The molecule has 1 heterocycles. The summed E-state index contributed by atoms with van der Waals surface area (Å²) < 4.78 is 0.816. The standard InChI is InChI=1S/C13H15ClOS/c1-2-4-11(15)13(7-3-8-13)9-10-5-6-12(14)16-10/h1,5-6,11,15H,3-4,7-9H2. The number of terminal acetylenes is 1. The lowest BCUT2D eigenvalue weighted by molar-refractivity contribution is -0.0305. The zero-order chi connectivity index (χ0) is 11.6. The topological polar surface area (TPSA) is 20.2 Å². The lowest BCUT2D eigenvalue weighted by Crippen LogP contribution is -2.42. The SMILES string of the molecule is C#CCC(O)C1(Cc2ccc(Cl)s2)CCC1. The van der Waals surface area contributed by atoms with Crippen molar-refractivity contribution in [3.63, 3.8) is 0 Å². The molecule has 3 heteroatoms. The first-order valence-electron chi connectivity index (χ1n) is 5.52. The molecule has 1 aliphatic carbocycles. The van der Waals surface area contributed by atoms with Crippen molar-refractivity contribution in [1.29, 1.82) is 0 Å². The van der Waals surface area contributed by atoms with Gasteiger partial charge < -0.3 is 5.11 Å². The first kappa shape index (κ1) is 12.0. The van der Waals surface area contributed by atoms with E-state index in [1.54, 1.807) is 11.3 Å². The van der Waals surface area contributed by atoms with Gasteiger partial charge in [0, 0.05) is 16.7 Å². The maximum absolute atomic E-state index is 10.1. The molecule has 0 spiro atoms. The number of hydrogen-bond acceptors (Lipinski definition) is 2. The smallest absolute Gasteiger partial charge is 0.0931 e. The fourth-order valence-electron chi connectivity index (χ4n) is 2.38. The normalized spacial score (nSPS) is 19.8. The predicted molar refractivity (Wildman–Crippen MR) is 68.8 cm³/mol. The van der Waals surface area contributed by atoms with E-state index in [1.165, 1.54) is 11.3 Å². The Bertz CT molecular complexity index is 400. The fourth-order valence-corrected chi connectivity index (χ4v) is 3.62. The van der Waals surface area contributed by atoms with Gasteiger partial charge in [-0.2, -0.15) is 0 Å². The van der Waals surface area contributed by atoms with Crippen LogP contribution in [0.3, 0.4) is 0 Å². The molecule has 2 rings (SSSR count). The lowest BCUT2D eigenvalue weighted by Gasteiger charge is -2.45. The van der Waals surface area contributed by atoms with Gasteiger partial charge in [-0.3, -0.25) is 0 Å². The van der Waals surface area contributed by atoms with E-state index in [2.05, 4.69) is 12.0 Å². The van der Waals surface area contributed by atoms with Crippen LogP contribution in [0.2, 0.25) is 4.34 Å². The molecule has 0 saturated heterocycles. The van der Waals surface area contributed by atoms with Crippen molar-refractivity contribution in [2.24, 2.45) is 5.41 Å². The van der Waals surface area contributed by atoms with Gasteiger partial charge in [-0.1, -0.05) is 18.0 Å². The largest absolute Gasteiger partial charge is 0.392 e. The number of aliphatic hydroxyl groups is 1. The van der Waals surface area contributed by atoms with E-state index in [-0.39, 0.29) is 11.5 Å². The fraction of sp³-hybridized carbons (Fsp3) is 0.538. The molecule has 0 bridgehead atoms. The molecule has 1 atom stereocenters. The van der Waals surface area contributed by atoms with Gasteiger partial charge >= 0.3 is 0 Å². The van der Waals surface area contributed by atoms with Crippen molar-refractivity contribution in [1.82, 2.24) is 0 Å². The van der Waals surface area contributed by atoms with Crippen LogP contribution in [0.5, 0.6) is 0 Å². The van der Waals surface area contributed by atoms with Crippen molar-refractivity contribution in [2.75, 3.05) is 0 Å². The minimum absolute atomic E-state index is 0.0144. The number of hydrogen-bond donors (Lipinski definition) is 1. The van der Waals surface area contributed by atoms with Gasteiger partial charge in [0.05, 0.1) is 10.4 Å². The molecule has 1 saturated carbocycles. The van der Waals surface area contributed by atoms with Gasteiger partial charge in [0.1, 0.15) is 0 Å². The molecule has 1 unspecified atom stereocenters. The second-order valence-corrected chi connectivity index (χ2v) is 6.32. The highest BCUT2D eigenvalue weighted by molar-refractivity contribution is 7.16. The van der Waals surface area contributed by atoms with Crippen LogP contribution >= 0.6 is 22.9 Å². The highest BCUT2D eigenvalue weighted by Gasteiger charge is 2.43. The minimum atomic E-state index is -0.368. The third-order valence-corrected chi connectivity index (χ3v) is 4.75. The molecular formula is C13H15ClOS. The van der Waals surface area contributed by atoms with Gasteiger partial charge in [-0.25, -0.2) is 0 Å². The van der Waals surface area contributed by atoms with Gasteiger partial charge in [0.15, 0.2) is 0 Å². The molecule has 1 N–H and O–H groups in total. The third-order valence-electron chi connectivity index (χ3n) is 3.52. The van der Waals surface area contributed by atoms with Crippen molar-refractivity contribution in [3.05, 3.63) is 21.3 Å². The maximum atomic E-state index is 10.1. The predicted octanol–water partition coefficient (Wildman–Crippen LogP) is 3.50. The Kier molecular flexibility index (Phi) is 3.59. The average molecular weight is 255 g/mol. The molecule has 0 aliphatic heterocycles. The van der Waals surface area contributed by atoms with Crippen LogP contribution in [0.15, 0.2) is 12.1 Å². The van der Waals surface area contributed by atoms with Gasteiger partial charge in [0.25, 0.3) is 0 Å². The second-order valence-electron chi connectivity index (χ2n) is 4.52. The molecule has 1 aliphatic rings. The van der Waals surface area contributed by atoms with Gasteiger partial charge in [-0.15, -0.1) is 23.7 Å². The van der Waals surface area contributed by atoms with E-state index in [4.69, 9.17) is 18.0 Å². The van der Waals surface area contributed by atoms with Gasteiger partial charge in [-0.05, 0) is 31.4 Å². The molecule has 0 amide bonds. The van der Waals surface area contributed by atoms with E-state index in [0.29, 0.717) is 6.42 Å². The van der Waals surface area contributed by atoms with E-state index < -0.39 is 0 Å². The summed E-state index contributed by atoms with van der Waals surface area (Å²) in [6.45, 7) is 0. The lowest BCUT2D eigenvalue weighted by atomic mass is 9.62. The molecule has 1 aromatic heterocycles. The Morgan fingerprint density at radius 3 is 2.75 bits per heavy atom. The highest BCUT2D eigenvalue weighted by Crippen LogP contribution is 2.48. The zero-order valence-corrected chi connectivity index (χ0v) is 10.7. The molecule has 0 aromatic carbocycles. The first-order valence-corrected chi connectivity index (χ1v) is 6.71. The summed E-state index contributed by atoms with van der Waals surface area (Å²) >= 11 is 7.52. The molecule has 1 fully saturated rings. The molecule has 16 heavy (non-hydrogen) atoms. The van der Waals surface area contributed by atoms with Gasteiger partial charge in [0.2, 0.25) is 0 Å². The van der Waals surface area contributed by atoms with Crippen LogP contribution in [0.4, 0.5) is 0 Å². The molecular weight excluding hydrogens is 240 g/mol. The number of aliphatic hydroxyl groups excluding tert-OH is 1. The molecule has 1 nitrogen and oxygen atoms in total. The second kappa shape index (κ2) is 4.79. The molecule has 0 radical (unpaired) electrons. The first-order chi connectivity index (χ1) is 7.66. The van der Waals surface area contributed by atoms with Crippen molar-refractivity contribution < 1.29 is 5.11 Å². The van der Waals surface area contributed by atoms with E-state index in [1.807, 2.05) is 6.07 Å². The van der Waals surface area contributed by atoms with Crippen molar-refractivity contribution >= 4 is 22.9 Å². The van der Waals surface area contributed by atoms with Crippen LogP contribution in [-0.4, -0.2) is 11.2 Å². The number of halogens is 1. The van der Waals surface area contributed by atoms with E-state index in [9.17, 15) is 5.11 Å². The summed E-state index contributed by atoms with van der Waals surface area (Å²) in [6.07, 6.45) is 9.62. The minimum Gasteiger partial charge on any atom is -0.392 e. The molecule has 86 valence electrons. The van der Waals surface area contributed by atoms with Crippen LogP contribution in [0.1, 0.15) is 30.6 Å². The average Bonchev–Trinajstić information content (AvgIpc) is 2.58. The summed E-state index contributed by atoms with van der Waals surface area (Å²) in [5.41, 5.74) is 0.0144. The zero-order valence-electron chi connectivity index (χ0n) is 9.08. The van der Waals surface area contributed by atoms with Crippen LogP contribution in [0.25, 0.3) is 0 Å². The van der Waals surface area contributed by atoms with Crippen LogP contribution in [0, 0.1) is 17.8 Å². The maximum Gasteiger partial charge on any atom is 0.0931 e. The Morgan fingerprint density at radius 2 is 2.31 bits per heavy atom. The van der Waals surface area contributed by atoms with E-state index in [0.717, 1.165) is 23.6 Å². The number of thiophene rings is 1. The quantitative estimate of drug-likeness (QED) is 0.816. The summed E-state index contributed by atoms with van der Waals surface area (Å²) in [4.78, 5) is 1.25.